The molecule has 0 aliphatic carbocycles. The van der Waals surface area contributed by atoms with Gasteiger partial charge in [-0.25, -0.2) is 13.9 Å². The summed E-state index contributed by atoms with van der Waals surface area (Å²) in [6.45, 7) is 3.40. The minimum atomic E-state index is -4.54. The summed E-state index contributed by atoms with van der Waals surface area (Å²) < 4.78 is 33.0. The summed E-state index contributed by atoms with van der Waals surface area (Å²) in [6.07, 6.45) is 0.559. The van der Waals surface area contributed by atoms with Crippen LogP contribution >= 0.6 is 0 Å². The standard InChI is InChI=1S/C30H37N3O7S.Na/c1-20(2)16-25(26(29(35)33-37)18-22-12-13-23-10-6-7-11-24(23)17-22)28(34)32-27(19-21-8-4-3-5-9-21)30(36)31-14-15-41(38,39)40;/h3-13,17,20,25-27,37H,14-16,18-19H2,1-2H3,(H,31,36)(H,32,34)(H,33,35)(H,38,39,40);/q;+1/p-1/t25-,26?,27+;/m1./s1. The average molecular weight is 606 g/mol. The van der Waals surface area contributed by atoms with Gasteiger partial charge in [-0.3, -0.25) is 19.6 Å². The van der Waals surface area contributed by atoms with E-state index in [1.165, 1.54) is 0 Å². The van der Waals surface area contributed by atoms with Gasteiger partial charge < -0.3 is 15.2 Å². The molecule has 0 heterocycles. The largest absolute Gasteiger partial charge is 1.00 e. The Labute approximate surface area is 268 Å². The van der Waals surface area contributed by atoms with Crippen LogP contribution in [0, 0.1) is 17.8 Å². The van der Waals surface area contributed by atoms with Crippen molar-refractivity contribution in [2.24, 2.45) is 17.8 Å². The molecule has 0 saturated carbocycles. The minimum Gasteiger partial charge on any atom is -0.748 e. The molecule has 3 aromatic carbocycles. The van der Waals surface area contributed by atoms with Crippen molar-refractivity contribution in [1.82, 2.24) is 16.1 Å². The zero-order chi connectivity index (χ0) is 30.0. The Bertz CT molecular complexity index is 1450. The van der Waals surface area contributed by atoms with Gasteiger partial charge in [0, 0.05) is 13.0 Å². The van der Waals surface area contributed by atoms with Crippen LogP contribution in [0.1, 0.15) is 31.4 Å². The second kappa shape index (κ2) is 16.7. The van der Waals surface area contributed by atoms with Gasteiger partial charge in [0.2, 0.25) is 17.7 Å². The number of benzene rings is 3. The first-order chi connectivity index (χ1) is 19.5. The fourth-order valence-corrected chi connectivity index (χ4v) is 5.19. The SMILES string of the molecule is CC(C)C[C@@H](C(=O)N[C@@H](Cc1ccccc1)C(=O)NCCS(=O)(=O)[O-])C(Cc1ccc2ccccc2c1)C(=O)NO.[Na+]. The molecule has 0 aliphatic heterocycles. The first kappa shape index (κ1) is 35.4. The van der Waals surface area contributed by atoms with E-state index in [2.05, 4.69) is 10.6 Å². The molecule has 0 aliphatic rings. The first-order valence-electron chi connectivity index (χ1n) is 13.4. The molecule has 1 unspecified atom stereocenters. The molecule has 4 N–H and O–H groups in total. The number of hydroxylamine groups is 1. The van der Waals surface area contributed by atoms with Crippen molar-refractivity contribution in [3.63, 3.8) is 0 Å². The molecule has 0 fully saturated rings. The molecule has 0 saturated heterocycles. The van der Waals surface area contributed by atoms with Gasteiger partial charge >= 0.3 is 29.6 Å². The normalized spacial score (nSPS) is 13.5. The van der Waals surface area contributed by atoms with Gasteiger partial charge in [-0.2, -0.15) is 0 Å². The third kappa shape index (κ3) is 11.1. The summed E-state index contributed by atoms with van der Waals surface area (Å²) in [5.74, 6) is -4.57. The summed E-state index contributed by atoms with van der Waals surface area (Å²) in [7, 11) is -4.54. The number of rotatable bonds is 14. The minimum absolute atomic E-state index is 0. The summed E-state index contributed by atoms with van der Waals surface area (Å²) in [5, 5.41) is 16.7. The quantitative estimate of drug-likeness (QED) is 0.0837. The average Bonchev–Trinajstić information content (AvgIpc) is 2.93. The number of nitrogens with one attached hydrogen (secondary N) is 3. The molecule has 220 valence electrons. The van der Waals surface area contributed by atoms with Gasteiger partial charge in [-0.15, -0.1) is 0 Å². The number of carbonyl (C=O) groups excluding carboxylic acids is 3. The van der Waals surface area contributed by atoms with Gasteiger partial charge in [-0.05, 0) is 40.7 Å². The van der Waals surface area contributed by atoms with Crippen molar-refractivity contribution in [2.75, 3.05) is 12.3 Å². The molecule has 3 atom stereocenters. The van der Waals surface area contributed by atoms with Crippen LogP contribution in [-0.4, -0.2) is 54.2 Å². The van der Waals surface area contributed by atoms with Gasteiger partial charge in [0.1, 0.15) is 6.04 Å². The van der Waals surface area contributed by atoms with E-state index in [9.17, 15) is 32.6 Å². The summed E-state index contributed by atoms with van der Waals surface area (Å²) >= 11 is 0. The van der Waals surface area contributed by atoms with E-state index in [4.69, 9.17) is 0 Å². The number of amides is 3. The molecule has 42 heavy (non-hydrogen) atoms. The van der Waals surface area contributed by atoms with Gasteiger partial charge in [0.15, 0.2) is 0 Å². The molecule has 0 radical (unpaired) electrons. The van der Waals surface area contributed by atoms with Gasteiger partial charge in [-0.1, -0.05) is 86.6 Å². The topological polar surface area (TPSA) is 165 Å². The van der Waals surface area contributed by atoms with Crippen LogP contribution in [0.25, 0.3) is 10.8 Å². The Balaban J connectivity index is 0.00000616. The molecule has 12 heteroatoms. The molecule has 0 bridgehead atoms. The van der Waals surface area contributed by atoms with Crippen LogP contribution in [0.5, 0.6) is 0 Å². The number of hydrogen-bond donors (Lipinski definition) is 4. The predicted molar refractivity (Wildman–Crippen MR) is 154 cm³/mol. The number of hydrogen-bond acceptors (Lipinski definition) is 7. The maximum Gasteiger partial charge on any atom is 1.00 e. The van der Waals surface area contributed by atoms with Crippen LogP contribution in [0.2, 0.25) is 0 Å². The summed E-state index contributed by atoms with van der Waals surface area (Å²) in [6, 6.07) is 21.3. The Morgan fingerprint density at radius 2 is 1.45 bits per heavy atom. The fourth-order valence-electron chi connectivity index (χ4n) is 4.84. The van der Waals surface area contributed by atoms with Crippen LogP contribution in [0.3, 0.4) is 0 Å². The fraction of sp³-hybridized carbons (Fsp3) is 0.367. The predicted octanol–water partition coefficient (Wildman–Crippen LogP) is -0.441. The first-order valence-corrected chi connectivity index (χ1v) is 15.0. The van der Waals surface area contributed by atoms with Crippen LogP contribution in [0.4, 0.5) is 0 Å². The zero-order valence-corrected chi connectivity index (χ0v) is 26.9. The molecule has 10 nitrogen and oxygen atoms in total. The van der Waals surface area contributed by atoms with E-state index in [1.54, 1.807) is 35.8 Å². The van der Waals surface area contributed by atoms with Crippen LogP contribution < -0.4 is 45.7 Å². The smallest absolute Gasteiger partial charge is 0.748 e. The third-order valence-electron chi connectivity index (χ3n) is 6.83. The number of fused-ring (bicyclic) bond motifs is 1. The second-order valence-electron chi connectivity index (χ2n) is 10.5. The van der Waals surface area contributed by atoms with Crippen molar-refractivity contribution in [1.29, 1.82) is 0 Å². The molecular weight excluding hydrogens is 569 g/mol. The van der Waals surface area contributed by atoms with E-state index in [1.807, 2.05) is 56.3 Å². The van der Waals surface area contributed by atoms with Crippen molar-refractivity contribution in [2.45, 2.75) is 39.2 Å². The van der Waals surface area contributed by atoms with E-state index >= 15 is 0 Å². The van der Waals surface area contributed by atoms with Gasteiger partial charge in [0.05, 0.1) is 27.7 Å². The maximum absolute atomic E-state index is 13.8. The van der Waals surface area contributed by atoms with Crippen molar-refractivity contribution in [3.8, 4) is 0 Å². The van der Waals surface area contributed by atoms with Crippen LogP contribution in [-0.2, 0) is 37.3 Å². The molecule has 0 aromatic heterocycles. The Morgan fingerprint density at radius 1 is 0.810 bits per heavy atom. The molecule has 3 amide bonds. The van der Waals surface area contributed by atoms with E-state index < -0.39 is 58.0 Å². The van der Waals surface area contributed by atoms with Crippen molar-refractivity contribution >= 4 is 38.6 Å². The Morgan fingerprint density at radius 3 is 2.07 bits per heavy atom. The van der Waals surface area contributed by atoms with E-state index in [0.717, 1.165) is 21.9 Å². The second-order valence-corrected chi connectivity index (χ2v) is 12.0. The third-order valence-corrected chi connectivity index (χ3v) is 7.54. The van der Waals surface area contributed by atoms with E-state index in [-0.39, 0.29) is 48.3 Å². The molecular formula is C30H36N3NaO7S. The molecule has 3 rings (SSSR count). The summed E-state index contributed by atoms with van der Waals surface area (Å²) in [4.78, 5) is 39.8. The maximum atomic E-state index is 13.8. The van der Waals surface area contributed by atoms with Crippen molar-refractivity contribution in [3.05, 3.63) is 83.9 Å². The Kier molecular flexibility index (Phi) is 14.1. The Hall–Kier alpha value is -2.80. The van der Waals surface area contributed by atoms with Crippen molar-refractivity contribution < 1.29 is 62.1 Å². The molecule has 3 aromatic rings. The van der Waals surface area contributed by atoms with E-state index in [0.29, 0.717) is 6.42 Å². The summed E-state index contributed by atoms with van der Waals surface area (Å²) in [5.41, 5.74) is 3.25. The number of carbonyl (C=O) groups is 3. The van der Waals surface area contributed by atoms with Crippen LogP contribution in [0.15, 0.2) is 72.8 Å². The van der Waals surface area contributed by atoms with Gasteiger partial charge in [0.25, 0.3) is 0 Å². The zero-order valence-electron chi connectivity index (χ0n) is 24.1. The monoisotopic (exact) mass is 605 g/mol. The molecule has 0 spiro atoms.